The Morgan fingerprint density at radius 1 is 1.17 bits per heavy atom. The van der Waals surface area contributed by atoms with E-state index in [0.29, 0.717) is 46.8 Å². The summed E-state index contributed by atoms with van der Waals surface area (Å²) >= 11 is 12.1. The van der Waals surface area contributed by atoms with Gasteiger partial charge in [-0.1, -0.05) is 35.3 Å². The Morgan fingerprint density at radius 2 is 1.94 bits per heavy atom. The van der Waals surface area contributed by atoms with Crippen molar-refractivity contribution in [2.24, 2.45) is 0 Å². The highest BCUT2D eigenvalue weighted by molar-refractivity contribution is 6.36. The number of carbonyl (C=O) groups excluding carboxylic acids is 1. The number of urea groups is 1. The number of benzene rings is 2. The van der Waals surface area contributed by atoms with Crippen LogP contribution in [0.2, 0.25) is 10.0 Å². The monoisotopic (exact) mass is 513 g/mol. The number of carbonyl (C=O) groups is 1. The summed E-state index contributed by atoms with van der Waals surface area (Å²) in [7, 11) is 1.64. The summed E-state index contributed by atoms with van der Waals surface area (Å²) in [5.74, 6) is 1.38. The zero-order valence-corrected chi connectivity index (χ0v) is 20.7. The molecule has 1 aromatic heterocycles. The Labute approximate surface area is 212 Å². The molecule has 3 aromatic rings. The molecule has 2 aliphatic rings. The van der Waals surface area contributed by atoms with E-state index in [1.54, 1.807) is 34.8 Å². The fourth-order valence-corrected chi connectivity index (χ4v) is 4.63. The van der Waals surface area contributed by atoms with Crippen molar-refractivity contribution in [1.29, 1.82) is 0 Å². The molecule has 0 bridgehead atoms. The normalized spacial score (nSPS) is 14.9. The molecular formula is C25H25Cl2N5O3. The maximum absolute atomic E-state index is 13.5. The van der Waals surface area contributed by atoms with Crippen LogP contribution in [0.1, 0.15) is 35.7 Å². The number of nitrogens with zero attached hydrogens (tertiary/aromatic N) is 3. The summed E-state index contributed by atoms with van der Waals surface area (Å²) in [6.07, 6.45) is 2.38. The number of hydrogen-bond acceptors (Lipinski definition) is 5. The molecule has 0 spiro atoms. The number of anilines is 2. The van der Waals surface area contributed by atoms with Gasteiger partial charge in [0.15, 0.2) is 0 Å². The van der Waals surface area contributed by atoms with E-state index in [4.69, 9.17) is 32.9 Å². The molecule has 2 amide bonds. The Morgan fingerprint density at radius 3 is 2.63 bits per heavy atom. The smallest absolute Gasteiger partial charge is 0.322 e. The van der Waals surface area contributed by atoms with Crippen molar-refractivity contribution in [3.05, 3.63) is 79.7 Å². The minimum absolute atomic E-state index is 0.0863. The van der Waals surface area contributed by atoms with E-state index in [9.17, 15) is 9.59 Å². The SMILES string of the molecule is COc1ccc(CNc2nc3c(c(=O)n2C2CC2)CN(C(=O)Nc2ccc(Cl)cc2Cl)CC3)cc1. The first kappa shape index (κ1) is 23.5. The molecule has 0 saturated heterocycles. The minimum atomic E-state index is -0.320. The highest BCUT2D eigenvalue weighted by Gasteiger charge is 2.32. The molecule has 1 aliphatic heterocycles. The van der Waals surface area contributed by atoms with Gasteiger partial charge in [0, 0.05) is 30.6 Å². The van der Waals surface area contributed by atoms with E-state index in [1.807, 2.05) is 24.3 Å². The lowest BCUT2D eigenvalue weighted by Crippen LogP contribution is -2.43. The Hall–Kier alpha value is -3.23. The maximum atomic E-state index is 13.5. The van der Waals surface area contributed by atoms with E-state index in [0.717, 1.165) is 29.8 Å². The van der Waals surface area contributed by atoms with Gasteiger partial charge in [-0.05, 0) is 48.7 Å². The molecule has 1 saturated carbocycles. The van der Waals surface area contributed by atoms with Gasteiger partial charge in [0.25, 0.3) is 5.56 Å². The van der Waals surface area contributed by atoms with Crippen LogP contribution >= 0.6 is 23.2 Å². The van der Waals surface area contributed by atoms with Gasteiger partial charge in [-0.25, -0.2) is 9.78 Å². The minimum Gasteiger partial charge on any atom is -0.497 e. The van der Waals surface area contributed by atoms with Gasteiger partial charge in [-0.2, -0.15) is 0 Å². The van der Waals surface area contributed by atoms with Crippen LogP contribution in [0.15, 0.2) is 47.3 Å². The first-order valence-electron chi connectivity index (χ1n) is 11.4. The van der Waals surface area contributed by atoms with Crippen LogP contribution in [0.4, 0.5) is 16.4 Å². The number of halogens is 2. The molecule has 2 N–H and O–H groups in total. The van der Waals surface area contributed by atoms with E-state index in [2.05, 4.69) is 10.6 Å². The van der Waals surface area contributed by atoms with Crippen molar-refractivity contribution in [3.8, 4) is 5.75 Å². The Kier molecular flexibility index (Phi) is 6.58. The highest BCUT2D eigenvalue weighted by Crippen LogP contribution is 2.36. The number of aromatic nitrogens is 2. The molecule has 2 aromatic carbocycles. The molecule has 5 rings (SSSR count). The topological polar surface area (TPSA) is 88.5 Å². The van der Waals surface area contributed by atoms with Crippen LogP contribution in [-0.2, 0) is 19.5 Å². The van der Waals surface area contributed by atoms with Crippen LogP contribution in [0.25, 0.3) is 0 Å². The molecule has 8 nitrogen and oxygen atoms in total. The second-order valence-electron chi connectivity index (χ2n) is 8.69. The van der Waals surface area contributed by atoms with Crippen molar-refractivity contribution in [2.75, 3.05) is 24.3 Å². The zero-order chi connectivity index (χ0) is 24.5. The third-order valence-electron chi connectivity index (χ3n) is 6.24. The molecule has 35 heavy (non-hydrogen) atoms. The molecule has 10 heteroatoms. The van der Waals surface area contributed by atoms with Gasteiger partial charge in [0.2, 0.25) is 5.95 Å². The van der Waals surface area contributed by atoms with Gasteiger partial charge in [0.1, 0.15) is 5.75 Å². The second kappa shape index (κ2) is 9.79. The molecule has 1 fully saturated rings. The van der Waals surface area contributed by atoms with E-state index < -0.39 is 0 Å². The summed E-state index contributed by atoms with van der Waals surface area (Å²) in [4.78, 5) is 32.8. The fourth-order valence-electron chi connectivity index (χ4n) is 4.17. The van der Waals surface area contributed by atoms with Gasteiger partial charge in [0.05, 0.1) is 35.6 Å². The second-order valence-corrected chi connectivity index (χ2v) is 9.54. The van der Waals surface area contributed by atoms with E-state index in [1.165, 1.54) is 0 Å². The number of nitrogens with one attached hydrogen (secondary N) is 2. The van der Waals surface area contributed by atoms with E-state index >= 15 is 0 Å². The summed E-state index contributed by atoms with van der Waals surface area (Å²) in [6, 6.07) is 12.5. The molecule has 0 atom stereocenters. The van der Waals surface area contributed by atoms with Crippen molar-refractivity contribution in [2.45, 2.75) is 38.4 Å². The summed E-state index contributed by atoms with van der Waals surface area (Å²) < 4.78 is 6.97. The van der Waals surface area contributed by atoms with Crippen molar-refractivity contribution >= 4 is 40.9 Å². The lowest BCUT2D eigenvalue weighted by atomic mass is 10.1. The highest BCUT2D eigenvalue weighted by atomic mass is 35.5. The molecule has 182 valence electrons. The maximum Gasteiger partial charge on any atom is 0.322 e. The molecule has 0 unspecified atom stereocenters. The van der Waals surface area contributed by atoms with Gasteiger partial charge < -0.3 is 20.3 Å². The van der Waals surface area contributed by atoms with Gasteiger partial charge in [-0.15, -0.1) is 0 Å². The Balaban J connectivity index is 1.35. The van der Waals surface area contributed by atoms with Crippen molar-refractivity contribution in [1.82, 2.24) is 14.5 Å². The van der Waals surface area contributed by atoms with Gasteiger partial charge in [-0.3, -0.25) is 9.36 Å². The quantitative estimate of drug-likeness (QED) is 0.478. The van der Waals surface area contributed by atoms with Crippen molar-refractivity contribution < 1.29 is 9.53 Å². The van der Waals surface area contributed by atoms with Crippen LogP contribution in [0, 0.1) is 0 Å². The number of fused-ring (bicyclic) bond motifs is 1. The largest absolute Gasteiger partial charge is 0.497 e. The number of amides is 2. The van der Waals surface area contributed by atoms with Gasteiger partial charge >= 0.3 is 6.03 Å². The first-order valence-corrected chi connectivity index (χ1v) is 12.2. The third-order valence-corrected chi connectivity index (χ3v) is 6.79. The lowest BCUT2D eigenvalue weighted by molar-refractivity contribution is 0.205. The zero-order valence-electron chi connectivity index (χ0n) is 19.2. The molecular weight excluding hydrogens is 489 g/mol. The van der Waals surface area contributed by atoms with E-state index in [-0.39, 0.29) is 24.2 Å². The summed E-state index contributed by atoms with van der Waals surface area (Å²) in [6.45, 7) is 1.18. The molecule has 2 heterocycles. The predicted octanol–water partition coefficient (Wildman–Crippen LogP) is 5.10. The molecule has 0 radical (unpaired) electrons. The lowest BCUT2D eigenvalue weighted by Gasteiger charge is -2.29. The summed E-state index contributed by atoms with van der Waals surface area (Å²) in [5, 5.41) is 7.00. The number of rotatable bonds is 6. The molecule has 1 aliphatic carbocycles. The van der Waals surface area contributed by atoms with Crippen LogP contribution < -0.4 is 20.9 Å². The van der Waals surface area contributed by atoms with Crippen LogP contribution in [0.3, 0.4) is 0 Å². The summed E-state index contributed by atoms with van der Waals surface area (Å²) in [5.41, 5.74) is 2.74. The van der Waals surface area contributed by atoms with Crippen LogP contribution in [-0.4, -0.2) is 34.1 Å². The Bertz CT molecular complexity index is 1320. The fraction of sp³-hybridized carbons (Fsp3) is 0.320. The average Bonchev–Trinajstić information content (AvgIpc) is 3.69. The van der Waals surface area contributed by atoms with Crippen molar-refractivity contribution in [3.63, 3.8) is 0 Å². The standard InChI is InChI=1S/C25H25Cl2N5O3/c1-35-18-7-2-15(3-8-18)13-28-24-29-21-10-11-31(14-19(21)23(33)32(24)17-5-6-17)25(34)30-22-9-4-16(26)12-20(22)27/h2-4,7-9,12,17H,5-6,10-11,13-14H2,1H3,(H,28,29)(H,30,34). The first-order chi connectivity index (χ1) is 16.9. The third kappa shape index (κ3) is 5.09. The van der Waals surface area contributed by atoms with Crippen LogP contribution in [0.5, 0.6) is 5.75 Å². The number of hydrogen-bond donors (Lipinski definition) is 2. The average molecular weight is 514 g/mol. The predicted molar refractivity (Wildman–Crippen MR) is 137 cm³/mol. The number of ether oxygens (including phenoxy) is 1. The number of methoxy groups -OCH3 is 1.